The molecule has 1 N–H and O–H groups in total. The van der Waals surface area contributed by atoms with Crippen LogP contribution in [-0.4, -0.2) is 44.8 Å². The molecule has 2 amide bonds. The first-order chi connectivity index (χ1) is 19.7. The Morgan fingerprint density at radius 1 is 0.829 bits per heavy atom. The molecular formula is C32H32BrN3O4S. The van der Waals surface area contributed by atoms with Gasteiger partial charge in [-0.05, 0) is 54.4 Å². The van der Waals surface area contributed by atoms with E-state index in [4.69, 9.17) is 0 Å². The number of aryl methyl sites for hydroxylation is 1. The van der Waals surface area contributed by atoms with E-state index in [1.165, 1.54) is 24.1 Å². The molecule has 0 fully saturated rings. The third-order valence-electron chi connectivity index (χ3n) is 6.68. The Hall–Kier alpha value is -3.95. The highest BCUT2D eigenvalue weighted by Crippen LogP contribution is 2.26. The van der Waals surface area contributed by atoms with Crippen LogP contribution in [-0.2, 0) is 32.6 Å². The molecule has 0 saturated heterocycles. The molecule has 0 bridgehead atoms. The molecule has 4 aromatic rings. The van der Waals surface area contributed by atoms with E-state index in [1.54, 1.807) is 42.5 Å². The maximum Gasteiger partial charge on any atom is 0.264 e. The number of hydrogen-bond acceptors (Lipinski definition) is 4. The number of benzene rings is 4. The highest BCUT2D eigenvalue weighted by molar-refractivity contribution is 9.10. The average molecular weight is 635 g/mol. The van der Waals surface area contributed by atoms with E-state index in [1.807, 2.05) is 61.5 Å². The van der Waals surface area contributed by atoms with Gasteiger partial charge in [0.25, 0.3) is 10.0 Å². The van der Waals surface area contributed by atoms with Crippen LogP contribution in [0.5, 0.6) is 0 Å². The number of sulfonamides is 1. The fraction of sp³-hybridized carbons (Fsp3) is 0.188. The van der Waals surface area contributed by atoms with Crippen molar-refractivity contribution in [1.82, 2.24) is 10.2 Å². The summed E-state index contributed by atoms with van der Waals surface area (Å²) >= 11 is 3.39. The van der Waals surface area contributed by atoms with Crippen LogP contribution < -0.4 is 9.62 Å². The third kappa shape index (κ3) is 7.62. The molecule has 0 saturated carbocycles. The van der Waals surface area contributed by atoms with Gasteiger partial charge < -0.3 is 10.2 Å². The summed E-state index contributed by atoms with van der Waals surface area (Å²) in [6.45, 7) is 1.59. The van der Waals surface area contributed by atoms with Crippen LogP contribution in [0.1, 0.15) is 16.7 Å². The smallest absolute Gasteiger partial charge is 0.264 e. The van der Waals surface area contributed by atoms with Gasteiger partial charge >= 0.3 is 0 Å². The molecule has 4 rings (SSSR count). The van der Waals surface area contributed by atoms with Gasteiger partial charge in [0.1, 0.15) is 12.6 Å². The number of rotatable bonds is 11. The molecule has 0 radical (unpaired) electrons. The summed E-state index contributed by atoms with van der Waals surface area (Å²) in [7, 11) is -2.58. The molecule has 0 unspecified atom stereocenters. The monoisotopic (exact) mass is 633 g/mol. The summed E-state index contributed by atoms with van der Waals surface area (Å²) in [5, 5.41) is 2.70. The maximum atomic E-state index is 14.2. The van der Waals surface area contributed by atoms with E-state index < -0.39 is 28.5 Å². The Balaban J connectivity index is 1.78. The van der Waals surface area contributed by atoms with Crippen molar-refractivity contribution in [2.75, 3.05) is 17.9 Å². The van der Waals surface area contributed by atoms with Gasteiger partial charge in [-0.3, -0.25) is 13.9 Å². The van der Waals surface area contributed by atoms with E-state index in [0.717, 1.165) is 25.5 Å². The first-order valence-corrected chi connectivity index (χ1v) is 15.4. The Kier molecular flexibility index (Phi) is 9.96. The largest absolute Gasteiger partial charge is 0.357 e. The number of nitrogens with one attached hydrogen (secondary N) is 1. The molecule has 9 heteroatoms. The molecule has 0 spiro atoms. The minimum atomic E-state index is -4.12. The maximum absolute atomic E-state index is 14.2. The number of likely N-dealkylation sites (N-methyl/N-ethyl adjacent to an activating group) is 1. The van der Waals surface area contributed by atoms with Crippen LogP contribution in [0.25, 0.3) is 0 Å². The lowest BCUT2D eigenvalue weighted by atomic mass is 10.0. The molecule has 7 nitrogen and oxygen atoms in total. The molecule has 0 aliphatic carbocycles. The fourth-order valence-corrected chi connectivity index (χ4v) is 6.28. The summed E-state index contributed by atoms with van der Waals surface area (Å²) in [4.78, 5) is 29.1. The molecule has 4 aromatic carbocycles. The summed E-state index contributed by atoms with van der Waals surface area (Å²) in [5.74, 6) is -0.838. The Morgan fingerprint density at radius 3 is 2.05 bits per heavy atom. The van der Waals surface area contributed by atoms with Gasteiger partial charge in [-0.25, -0.2) is 8.42 Å². The minimum absolute atomic E-state index is 0.0630. The summed E-state index contributed by atoms with van der Waals surface area (Å²) < 4.78 is 29.7. The van der Waals surface area contributed by atoms with Crippen molar-refractivity contribution >= 4 is 43.5 Å². The molecule has 0 aromatic heterocycles. The van der Waals surface area contributed by atoms with Gasteiger partial charge in [-0.1, -0.05) is 94.3 Å². The van der Waals surface area contributed by atoms with E-state index >= 15 is 0 Å². The average Bonchev–Trinajstić information content (AvgIpc) is 2.98. The standard InChI is InChI=1S/C32H32BrN3O4S/c1-24-10-9-13-26(20-24)22-35(30(32(38)34-2)21-25-11-5-3-6-12-25)31(37)23-36(28-18-16-27(33)17-19-28)41(39,40)29-14-7-4-8-15-29/h3-20,30H,21-23H2,1-2H3,(H,34,38)/t30-/m1/s1. The lowest BCUT2D eigenvalue weighted by Gasteiger charge is -2.33. The predicted octanol–water partition coefficient (Wildman–Crippen LogP) is 5.34. The van der Waals surface area contributed by atoms with Crippen molar-refractivity contribution in [3.05, 3.63) is 130 Å². The first kappa shape index (κ1) is 30.0. The lowest BCUT2D eigenvalue weighted by molar-refractivity contribution is -0.139. The number of carbonyl (C=O) groups excluding carboxylic acids is 2. The number of amides is 2. The van der Waals surface area contributed by atoms with Crippen LogP contribution in [0.3, 0.4) is 0 Å². The van der Waals surface area contributed by atoms with E-state index in [2.05, 4.69) is 21.2 Å². The van der Waals surface area contributed by atoms with Gasteiger partial charge in [0.05, 0.1) is 10.6 Å². The van der Waals surface area contributed by atoms with E-state index in [0.29, 0.717) is 5.69 Å². The molecular weight excluding hydrogens is 602 g/mol. The van der Waals surface area contributed by atoms with E-state index in [9.17, 15) is 18.0 Å². The van der Waals surface area contributed by atoms with Crippen molar-refractivity contribution in [3.63, 3.8) is 0 Å². The molecule has 212 valence electrons. The van der Waals surface area contributed by atoms with Crippen LogP contribution >= 0.6 is 15.9 Å². The SMILES string of the molecule is CNC(=O)[C@@H](Cc1ccccc1)N(Cc1cccc(C)c1)C(=O)CN(c1ccc(Br)cc1)S(=O)(=O)c1ccccc1. The number of hydrogen-bond donors (Lipinski definition) is 1. The zero-order valence-electron chi connectivity index (χ0n) is 22.9. The topological polar surface area (TPSA) is 86.8 Å². The number of carbonyl (C=O) groups is 2. The predicted molar refractivity (Wildman–Crippen MR) is 165 cm³/mol. The minimum Gasteiger partial charge on any atom is -0.357 e. The van der Waals surface area contributed by atoms with Crippen LogP contribution in [0, 0.1) is 6.92 Å². The van der Waals surface area contributed by atoms with Crippen molar-refractivity contribution in [2.24, 2.45) is 0 Å². The van der Waals surface area contributed by atoms with E-state index in [-0.39, 0.29) is 23.8 Å². The summed E-state index contributed by atoms with van der Waals surface area (Å²) in [6.07, 6.45) is 0.266. The molecule has 1 atom stereocenters. The second-order valence-corrected chi connectivity index (χ2v) is 12.4. The number of nitrogens with zero attached hydrogens (tertiary/aromatic N) is 2. The van der Waals surface area contributed by atoms with Crippen molar-refractivity contribution in [3.8, 4) is 0 Å². The van der Waals surface area contributed by atoms with Crippen molar-refractivity contribution in [1.29, 1.82) is 0 Å². The van der Waals surface area contributed by atoms with Gasteiger partial charge in [0.15, 0.2) is 0 Å². The molecule has 0 aliphatic rings. The molecule has 41 heavy (non-hydrogen) atoms. The normalized spacial score (nSPS) is 11.9. The Labute approximate surface area is 250 Å². The van der Waals surface area contributed by atoms with Crippen LogP contribution in [0.4, 0.5) is 5.69 Å². The van der Waals surface area contributed by atoms with Crippen molar-refractivity contribution < 1.29 is 18.0 Å². The first-order valence-electron chi connectivity index (χ1n) is 13.1. The Morgan fingerprint density at radius 2 is 1.44 bits per heavy atom. The highest BCUT2D eigenvalue weighted by atomic mass is 79.9. The second kappa shape index (κ2) is 13.6. The zero-order chi connectivity index (χ0) is 29.4. The third-order valence-corrected chi connectivity index (χ3v) is 8.99. The van der Waals surface area contributed by atoms with Gasteiger partial charge in [0.2, 0.25) is 11.8 Å². The van der Waals surface area contributed by atoms with Crippen LogP contribution in [0.2, 0.25) is 0 Å². The van der Waals surface area contributed by atoms with Gasteiger partial charge in [0, 0.05) is 24.5 Å². The quantitative estimate of drug-likeness (QED) is 0.242. The summed E-state index contributed by atoms with van der Waals surface area (Å²) in [6, 6.07) is 31.0. The number of halogens is 1. The van der Waals surface area contributed by atoms with Crippen LogP contribution in [0.15, 0.2) is 119 Å². The fourth-order valence-electron chi connectivity index (χ4n) is 4.58. The Bertz CT molecular complexity index is 1580. The van der Waals surface area contributed by atoms with Gasteiger partial charge in [-0.2, -0.15) is 0 Å². The molecule has 0 aliphatic heterocycles. The second-order valence-electron chi connectivity index (χ2n) is 9.63. The zero-order valence-corrected chi connectivity index (χ0v) is 25.3. The lowest BCUT2D eigenvalue weighted by Crippen LogP contribution is -2.53. The van der Waals surface area contributed by atoms with Gasteiger partial charge in [-0.15, -0.1) is 0 Å². The highest BCUT2D eigenvalue weighted by Gasteiger charge is 2.34. The molecule has 0 heterocycles. The number of anilines is 1. The summed E-state index contributed by atoms with van der Waals surface area (Å²) in [5.41, 5.74) is 3.06. The van der Waals surface area contributed by atoms with Crippen molar-refractivity contribution in [2.45, 2.75) is 30.8 Å².